The zero-order valence-corrected chi connectivity index (χ0v) is 9.03. The van der Waals surface area contributed by atoms with Crippen LogP contribution in [0.25, 0.3) is 0 Å². The molecule has 0 spiro atoms. The van der Waals surface area contributed by atoms with Crippen LogP contribution >= 0.6 is 0 Å². The minimum Gasteiger partial charge on any atom is -0.481 e. The van der Waals surface area contributed by atoms with Crippen LogP contribution in [0.2, 0.25) is 0 Å². The number of aromatic nitrogens is 1. The van der Waals surface area contributed by atoms with Gasteiger partial charge < -0.3 is 14.8 Å². The number of carbonyl (C=O) groups is 1. The van der Waals surface area contributed by atoms with Crippen LogP contribution in [0.15, 0.2) is 18.5 Å². The molecule has 1 aromatic heterocycles. The van der Waals surface area contributed by atoms with E-state index in [2.05, 4.69) is 4.98 Å². The number of hydrogen-bond donors (Lipinski definition) is 2. The highest BCUT2D eigenvalue weighted by Gasteiger charge is 2.64. The predicted molar refractivity (Wildman–Crippen MR) is 57.2 cm³/mol. The summed E-state index contributed by atoms with van der Waals surface area (Å²) in [6.45, 7) is 1.08. The lowest BCUT2D eigenvalue weighted by Crippen LogP contribution is -2.64. The Labute approximate surface area is 93.6 Å². The molecule has 4 nitrogen and oxygen atoms in total. The average Bonchev–Trinajstić information content (AvgIpc) is 2.59. The number of aliphatic carboxylic acids is 1. The van der Waals surface area contributed by atoms with Gasteiger partial charge in [0.1, 0.15) is 0 Å². The van der Waals surface area contributed by atoms with Crippen molar-refractivity contribution in [3.8, 4) is 0 Å². The molecule has 1 aromatic rings. The summed E-state index contributed by atoms with van der Waals surface area (Å²) in [6.07, 6.45) is 6.32. The number of H-pyrrole nitrogens is 1. The van der Waals surface area contributed by atoms with Gasteiger partial charge in [-0.15, -0.1) is 0 Å². The Balaban J connectivity index is 2.05. The first-order valence-corrected chi connectivity index (χ1v) is 5.66. The summed E-state index contributed by atoms with van der Waals surface area (Å²) >= 11 is 0. The van der Waals surface area contributed by atoms with Crippen molar-refractivity contribution in [1.82, 2.24) is 4.98 Å². The van der Waals surface area contributed by atoms with Crippen LogP contribution in [0.5, 0.6) is 0 Å². The molecule has 0 radical (unpaired) electrons. The van der Waals surface area contributed by atoms with Crippen molar-refractivity contribution in [3.63, 3.8) is 0 Å². The molecule has 86 valence electrons. The highest BCUT2D eigenvalue weighted by Crippen LogP contribution is 2.58. The minimum absolute atomic E-state index is 0.295. The van der Waals surface area contributed by atoms with Gasteiger partial charge in [0.05, 0.1) is 24.0 Å². The van der Waals surface area contributed by atoms with E-state index >= 15 is 0 Å². The van der Waals surface area contributed by atoms with E-state index in [0.717, 1.165) is 24.8 Å². The van der Waals surface area contributed by atoms with Gasteiger partial charge in [-0.25, -0.2) is 0 Å². The molecule has 16 heavy (non-hydrogen) atoms. The Morgan fingerprint density at radius 2 is 2.19 bits per heavy atom. The number of hydrogen-bond acceptors (Lipinski definition) is 2. The molecule has 0 bridgehead atoms. The van der Waals surface area contributed by atoms with E-state index in [1.165, 1.54) is 0 Å². The van der Waals surface area contributed by atoms with Crippen molar-refractivity contribution in [2.24, 2.45) is 5.41 Å². The molecule has 0 unspecified atom stereocenters. The minimum atomic E-state index is -0.664. The third-order valence-electron chi connectivity index (χ3n) is 4.38. The Kier molecular flexibility index (Phi) is 1.92. The maximum absolute atomic E-state index is 11.6. The van der Waals surface area contributed by atoms with Gasteiger partial charge in [0, 0.05) is 12.4 Å². The normalized spacial score (nSPS) is 25.5. The number of carboxylic acids is 1. The van der Waals surface area contributed by atoms with Crippen LogP contribution in [0.4, 0.5) is 0 Å². The smallest absolute Gasteiger partial charge is 0.310 e. The van der Waals surface area contributed by atoms with Gasteiger partial charge in [-0.1, -0.05) is 6.42 Å². The maximum Gasteiger partial charge on any atom is 0.310 e. The summed E-state index contributed by atoms with van der Waals surface area (Å²) in [7, 11) is 0. The van der Waals surface area contributed by atoms with Crippen molar-refractivity contribution >= 4 is 5.97 Å². The summed E-state index contributed by atoms with van der Waals surface area (Å²) in [6, 6.07) is 1.98. The highest BCUT2D eigenvalue weighted by atomic mass is 16.5. The van der Waals surface area contributed by atoms with Crippen molar-refractivity contribution in [2.75, 3.05) is 13.2 Å². The quantitative estimate of drug-likeness (QED) is 0.813. The second kappa shape index (κ2) is 3.10. The summed E-state index contributed by atoms with van der Waals surface area (Å²) in [5.41, 5.74) is 0.200. The van der Waals surface area contributed by atoms with Gasteiger partial charge in [0.25, 0.3) is 0 Å². The zero-order chi connectivity index (χ0) is 11.2. The Morgan fingerprint density at radius 3 is 2.50 bits per heavy atom. The molecule has 2 heterocycles. The molecule has 2 aliphatic rings. The molecule has 2 N–H and O–H groups in total. The van der Waals surface area contributed by atoms with Crippen molar-refractivity contribution < 1.29 is 14.6 Å². The molecule has 4 heteroatoms. The monoisotopic (exact) mass is 221 g/mol. The highest BCUT2D eigenvalue weighted by molar-refractivity contribution is 5.79. The van der Waals surface area contributed by atoms with Crippen LogP contribution in [0.3, 0.4) is 0 Å². The zero-order valence-electron chi connectivity index (χ0n) is 9.03. The van der Waals surface area contributed by atoms with Gasteiger partial charge in [-0.2, -0.15) is 0 Å². The van der Waals surface area contributed by atoms with E-state index in [9.17, 15) is 9.90 Å². The Bertz CT molecular complexity index is 402. The standard InChI is InChI=1S/C12H15NO3/c14-10(15)11(3-1-4-11)12(7-16-8-12)9-2-5-13-6-9/h2,5-6,13H,1,3-4,7-8H2,(H,14,15). The second-order valence-corrected chi connectivity index (χ2v) is 4.92. The number of nitrogens with one attached hydrogen (secondary N) is 1. The molecule has 1 aliphatic carbocycles. The van der Waals surface area contributed by atoms with E-state index in [1.54, 1.807) is 0 Å². The van der Waals surface area contributed by atoms with Crippen molar-refractivity contribution in [3.05, 3.63) is 24.0 Å². The topological polar surface area (TPSA) is 62.3 Å². The SMILES string of the molecule is O=C(O)C1(C2(c3cc[nH]c3)COC2)CCC1. The number of carboxylic acid groups (broad SMARTS) is 1. The largest absolute Gasteiger partial charge is 0.481 e. The number of rotatable bonds is 3. The first-order valence-electron chi connectivity index (χ1n) is 5.66. The Morgan fingerprint density at radius 1 is 1.44 bits per heavy atom. The van der Waals surface area contributed by atoms with Crippen LogP contribution in [-0.4, -0.2) is 29.3 Å². The summed E-state index contributed by atoms with van der Waals surface area (Å²) in [5, 5.41) is 9.52. The summed E-state index contributed by atoms with van der Waals surface area (Å²) in [5.74, 6) is -0.664. The van der Waals surface area contributed by atoms with E-state index in [-0.39, 0.29) is 5.41 Å². The Hall–Kier alpha value is -1.29. The van der Waals surface area contributed by atoms with Crippen LogP contribution < -0.4 is 0 Å². The lowest BCUT2D eigenvalue weighted by molar-refractivity contribution is -0.192. The average molecular weight is 221 g/mol. The third kappa shape index (κ3) is 0.955. The van der Waals surface area contributed by atoms with Gasteiger partial charge in [0.2, 0.25) is 0 Å². The molecule has 0 aromatic carbocycles. The lowest BCUT2D eigenvalue weighted by Gasteiger charge is -2.57. The molecule has 2 fully saturated rings. The van der Waals surface area contributed by atoms with Gasteiger partial charge >= 0.3 is 5.97 Å². The summed E-state index contributed by atoms with van der Waals surface area (Å²) in [4.78, 5) is 14.6. The molecular formula is C12H15NO3. The van der Waals surface area contributed by atoms with Crippen molar-refractivity contribution in [1.29, 1.82) is 0 Å². The molecule has 0 atom stereocenters. The first-order chi connectivity index (χ1) is 7.71. The first kappa shape index (κ1) is 9.90. The molecule has 0 amide bonds. The summed E-state index contributed by atoms with van der Waals surface area (Å²) < 4.78 is 5.32. The van der Waals surface area contributed by atoms with Crippen LogP contribution in [0, 0.1) is 5.41 Å². The van der Waals surface area contributed by atoms with Gasteiger partial charge in [-0.3, -0.25) is 4.79 Å². The second-order valence-electron chi connectivity index (χ2n) is 4.92. The molecular weight excluding hydrogens is 206 g/mol. The lowest BCUT2D eigenvalue weighted by atomic mass is 9.50. The number of ether oxygens (including phenoxy) is 1. The van der Waals surface area contributed by atoms with Crippen LogP contribution in [-0.2, 0) is 14.9 Å². The van der Waals surface area contributed by atoms with Gasteiger partial charge in [0.15, 0.2) is 0 Å². The fourth-order valence-electron chi connectivity index (χ4n) is 3.07. The third-order valence-corrected chi connectivity index (χ3v) is 4.38. The molecule has 1 saturated carbocycles. The fourth-order valence-corrected chi connectivity index (χ4v) is 3.07. The van der Waals surface area contributed by atoms with E-state index in [4.69, 9.17) is 4.74 Å². The molecule has 1 aliphatic heterocycles. The van der Waals surface area contributed by atoms with E-state index < -0.39 is 11.4 Å². The number of aromatic amines is 1. The van der Waals surface area contributed by atoms with Gasteiger partial charge in [-0.05, 0) is 24.5 Å². The molecule has 3 rings (SSSR count). The maximum atomic E-state index is 11.6. The fraction of sp³-hybridized carbons (Fsp3) is 0.583. The van der Waals surface area contributed by atoms with Crippen molar-refractivity contribution in [2.45, 2.75) is 24.7 Å². The van der Waals surface area contributed by atoms with E-state index in [0.29, 0.717) is 13.2 Å². The van der Waals surface area contributed by atoms with Crippen LogP contribution in [0.1, 0.15) is 24.8 Å². The molecule has 1 saturated heterocycles. The van der Waals surface area contributed by atoms with E-state index in [1.807, 2.05) is 18.5 Å². The predicted octanol–water partition coefficient (Wildman–Crippen LogP) is 1.54.